The van der Waals surface area contributed by atoms with Gasteiger partial charge < -0.3 is 5.32 Å². The van der Waals surface area contributed by atoms with Gasteiger partial charge in [-0.3, -0.25) is 9.89 Å². The standard InChI is InChI=1S/C14H14BrN3O/c15-9-5-7-10(8-6-9)16-14(19)13-11-3-1-2-4-12(11)17-18-13/h5-8H,1-4H2,(H,16,19)(H,17,18). The number of fused-ring (bicyclic) bond motifs is 1. The number of aromatic nitrogens is 2. The number of H-pyrrole nitrogens is 1. The highest BCUT2D eigenvalue weighted by molar-refractivity contribution is 9.10. The number of halogens is 1. The SMILES string of the molecule is O=C(Nc1ccc(Br)cc1)c1n[nH]c2c1CCCC2. The summed E-state index contributed by atoms with van der Waals surface area (Å²) in [7, 11) is 0. The fraction of sp³-hybridized carbons (Fsp3) is 0.286. The molecule has 98 valence electrons. The second-order valence-corrected chi connectivity index (χ2v) is 5.61. The number of carbonyl (C=O) groups is 1. The van der Waals surface area contributed by atoms with Crippen LogP contribution in [0.5, 0.6) is 0 Å². The van der Waals surface area contributed by atoms with E-state index in [9.17, 15) is 4.79 Å². The summed E-state index contributed by atoms with van der Waals surface area (Å²) in [4.78, 5) is 12.2. The van der Waals surface area contributed by atoms with Gasteiger partial charge in [0.1, 0.15) is 0 Å². The van der Waals surface area contributed by atoms with E-state index in [0.29, 0.717) is 5.69 Å². The summed E-state index contributed by atoms with van der Waals surface area (Å²) in [5.74, 6) is -0.137. The number of nitrogens with one attached hydrogen (secondary N) is 2. The van der Waals surface area contributed by atoms with Gasteiger partial charge >= 0.3 is 0 Å². The zero-order chi connectivity index (χ0) is 13.2. The highest BCUT2D eigenvalue weighted by atomic mass is 79.9. The van der Waals surface area contributed by atoms with Gasteiger partial charge in [-0.05, 0) is 49.9 Å². The summed E-state index contributed by atoms with van der Waals surface area (Å²) in [5, 5.41) is 10.0. The lowest BCUT2D eigenvalue weighted by atomic mass is 9.96. The number of amides is 1. The molecular formula is C14H14BrN3O. The molecule has 0 spiro atoms. The molecule has 1 amide bonds. The van der Waals surface area contributed by atoms with E-state index in [1.165, 1.54) is 6.42 Å². The van der Waals surface area contributed by atoms with Crippen molar-refractivity contribution in [2.75, 3.05) is 5.32 Å². The molecule has 0 atom stereocenters. The Morgan fingerprint density at radius 2 is 1.95 bits per heavy atom. The van der Waals surface area contributed by atoms with E-state index in [4.69, 9.17) is 0 Å². The number of hydrogen-bond donors (Lipinski definition) is 2. The predicted octanol–water partition coefficient (Wildman–Crippen LogP) is 3.30. The summed E-state index contributed by atoms with van der Waals surface area (Å²) >= 11 is 3.37. The minimum atomic E-state index is -0.137. The zero-order valence-electron chi connectivity index (χ0n) is 10.4. The molecule has 0 radical (unpaired) electrons. The molecule has 0 unspecified atom stereocenters. The first-order valence-corrected chi connectivity index (χ1v) is 7.16. The molecule has 0 bridgehead atoms. The van der Waals surface area contributed by atoms with Crippen LogP contribution in [0.3, 0.4) is 0 Å². The molecule has 19 heavy (non-hydrogen) atoms. The molecule has 1 aliphatic carbocycles. The van der Waals surface area contributed by atoms with Gasteiger partial charge in [0.2, 0.25) is 0 Å². The first-order chi connectivity index (χ1) is 9.24. The van der Waals surface area contributed by atoms with Gasteiger partial charge in [-0.2, -0.15) is 5.10 Å². The molecule has 0 saturated heterocycles. The Labute approximate surface area is 119 Å². The molecule has 2 N–H and O–H groups in total. The van der Waals surface area contributed by atoms with Crippen LogP contribution in [0.2, 0.25) is 0 Å². The smallest absolute Gasteiger partial charge is 0.276 e. The Morgan fingerprint density at radius 1 is 1.21 bits per heavy atom. The van der Waals surface area contributed by atoms with Gasteiger partial charge in [0.05, 0.1) is 0 Å². The highest BCUT2D eigenvalue weighted by Crippen LogP contribution is 2.23. The molecule has 1 heterocycles. The van der Waals surface area contributed by atoms with Gasteiger partial charge in [0, 0.05) is 21.4 Å². The van der Waals surface area contributed by atoms with Crippen molar-refractivity contribution in [3.63, 3.8) is 0 Å². The Bertz CT molecular complexity index is 604. The van der Waals surface area contributed by atoms with Crippen molar-refractivity contribution in [2.45, 2.75) is 25.7 Å². The summed E-state index contributed by atoms with van der Waals surface area (Å²) in [6, 6.07) is 7.52. The Kier molecular flexibility index (Phi) is 3.38. The fourth-order valence-corrected chi connectivity index (χ4v) is 2.66. The van der Waals surface area contributed by atoms with Gasteiger partial charge in [0.25, 0.3) is 5.91 Å². The number of aromatic amines is 1. The first-order valence-electron chi connectivity index (χ1n) is 6.37. The van der Waals surface area contributed by atoms with Crippen LogP contribution in [0.25, 0.3) is 0 Å². The lowest BCUT2D eigenvalue weighted by Gasteiger charge is -2.11. The average Bonchev–Trinajstić information content (AvgIpc) is 2.85. The molecule has 2 aromatic rings. The van der Waals surface area contributed by atoms with E-state index in [1.807, 2.05) is 24.3 Å². The van der Waals surface area contributed by atoms with Crippen LogP contribution in [-0.2, 0) is 12.8 Å². The number of carbonyl (C=O) groups excluding carboxylic acids is 1. The summed E-state index contributed by atoms with van der Waals surface area (Å²) in [5.41, 5.74) is 3.52. The third-order valence-electron chi connectivity index (χ3n) is 3.37. The molecule has 3 rings (SSSR count). The van der Waals surface area contributed by atoms with E-state index in [1.54, 1.807) is 0 Å². The minimum absolute atomic E-state index is 0.137. The number of rotatable bonds is 2. The number of aryl methyl sites for hydroxylation is 1. The third kappa shape index (κ3) is 2.56. The van der Waals surface area contributed by atoms with Crippen LogP contribution in [-0.4, -0.2) is 16.1 Å². The molecule has 0 saturated carbocycles. The highest BCUT2D eigenvalue weighted by Gasteiger charge is 2.21. The maximum absolute atomic E-state index is 12.2. The van der Waals surface area contributed by atoms with E-state index in [0.717, 1.165) is 40.7 Å². The number of nitrogens with zero attached hydrogens (tertiary/aromatic N) is 1. The molecule has 1 aliphatic rings. The van der Waals surface area contributed by atoms with Crippen LogP contribution >= 0.6 is 15.9 Å². The lowest BCUT2D eigenvalue weighted by molar-refractivity contribution is 0.102. The van der Waals surface area contributed by atoms with Crippen molar-refractivity contribution in [2.24, 2.45) is 0 Å². The lowest BCUT2D eigenvalue weighted by Crippen LogP contribution is -2.15. The number of anilines is 1. The minimum Gasteiger partial charge on any atom is -0.321 e. The average molecular weight is 320 g/mol. The maximum Gasteiger partial charge on any atom is 0.276 e. The molecule has 5 heteroatoms. The number of benzene rings is 1. The van der Waals surface area contributed by atoms with Gasteiger partial charge in [0.15, 0.2) is 5.69 Å². The first kappa shape index (κ1) is 12.4. The van der Waals surface area contributed by atoms with Crippen LogP contribution < -0.4 is 5.32 Å². The molecule has 0 fully saturated rings. The fourth-order valence-electron chi connectivity index (χ4n) is 2.39. The van der Waals surface area contributed by atoms with Crippen LogP contribution in [0.15, 0.2) is 28.7 Å². The van der Waals surface area contributed by atoms with Crippen LogP contribution in [0, 0.1) is 0 Å². The van der Waals surface area contributed by atoms with Gasteiger partial charge in [-0.25, -0.2) is 0 Å². The summed E-state index contributed by atoms with van der Waals surface area (Å²) < 4.78 is 0.989. The van der Waals surface area contributed by atoms with Crippen LogP contribution in [0.1, 0.15) is 34.6 Å². The van der Waals surface area contributed by atoms with Crippen LogP contribution in [0.4, 0.5) is 5.69 Å². The Morgan fingerprint density at radius 3 is 2.74 bits per heavy atom. The molecular weight excluding hydrogens is 306 g/mol. The predicted molar refractivity (Wildman–Crippen MR) is 77.3 cm³/mol. The summed E-state index contributed by atoms with van der Waals surface area (Å²) in [6.07, 6.45) is 4.23. The quantitative estimate of drug-likeness (QED) is 0.892. The monoisotopic (exact) mass is 319 g/mol. The van der Waals surface area contributed by atoms with Crippen molar-refractivity contribution >= 4 is 27.5 Å². The third-order valence-corrected chi connectivity index (χ3v) is 3.90. The van der Waals surface area contributed by atoms with E-state index >= 15 is 0 Å². The maximum atomic E-state index is 12.2. The zero-order valence-corrected chi connectivity index (χ0v) is 12.0. The number of hydrogen-bond acceptors (Lipinski definition) is 2. The van der Waals surface area contributed by atoms with Crippen molar-refractivity contribution < 1.29 is 4.79 Å². The molecule has 0 aliphatic heterocycles. The summed E-state index contributed by atoms with van der Waals surface area (Å²) in [6.45, 7) is 0. The topological polar surface area (TPSA) is 57.8 Å². The second kappa shape index (κ2) is 5.17. The van der Waals surface area contributed by atoms with Gasteiger partial charge in [-0.1, -0.05) is 15.9 Å². The van der Waals surface area contributed by atoms with Crippen molar-refractivity contribution in [1.29, 1.82) is 0 Å². The largest absolute Gasteiger partial charge is 0.321 e. The molecule has 1 aromatic heterocycles. The van der Waals surface area contributed by atoms with Crippen molar-refractivity contribution in [3.05, 3.63) is 45.7 Å². The van der Waals surface area contributed by atoms with Crippen molar-refractivity contribution in [1.82, 2.24) is 10.2 Å². The van der Waals surface area contributed by atoms with E-state index in [-0.39, 0.29) is 5.91 Å². The van der Waals surface area contributed by atoms with E-state index < -0.39 is 0 Å². The van der Waals surface area contributed by atoms with Crippen molar-refractivity contribution in [3.8, 4) is 0 Å². The Balaban J connectivity index is 1.80. The Hall–Kier alpha value is -1.62. The molecule has 1 aromatic carbocycles. The second-order valence-electron chi connectivity index (χ2n) is 4.70. The molecule has 4 nitrogen and oxygen atoms in total. The normalized spacial score (nSPS) is 13.9. The van der Waals surface area contributed by atoms with Gasteiger partial charge in [-0.15, -0.1) is 0 Å². The van der Waals surface area contributed by atoms with E-state index in [2.05, 4.69) is 31.4 Å².